The minimum absolute atomic E-state index is 0.0848. The third-order valence-corrected chi connectivity index (χ3v) is 14.4. The van der Waals surface area contributed by atoms with Gasteiger partial charge in [-0.15, -0.1) is 0 Å². The van der Waals surface area contributed by atoms with Crippen LogP contribution in [0.3, 0.4) is 0 Å². The Morgan fingerprint density at radius 2 is 1.18 bits per heavy atom. The first-order valence-electron chi connectivity index (χ1n) is 18.0. The third-order valence-electron chi connectivity index (χ3n) is 12.4. The molecule has 5 aliphatic rings. The van der Waals surface area contributed by atoms with Gasteiger partial charge in [0.2, 0.25) is 0 Å². The number of allylic oxidation sites excluding steroid dienone is 4. The highest BCUT2D eigenvalue weighted by Crippen LogP contribution is 2.51. The Hall–Kier alpha value is -1.48. The van der Waals surface area contributed by atoms with Gasteiger partial charge in [0.1, 0.15) is 0 Å². The molecule has 0 saturated heterocycles. The van der Waals surface area contributed by atoms with Crippen LogP contribution in [-0.4, -0.2) is 25.9 Å². The lowest BCUT2D eigenvalue weighted by atomic mass is 9.65. The predicted octanol–water partition coefficient (Wildman–Crippen LogP) is 9.75. The molecular formula is C37H54O6S2. The molecule has 6 rings (SSSR count). The lowest BCUT2D eigenvalue weighted by Gasteiger charge is -2.41. The van der Waals surface area contributed by atoms with Crippen LogP contribution in [-0.2, 0) is 20.2 Å². The topological polar surface area (TPSA) is 109 Å². The average Bonchev–Trinajstić information content (AvgIpc) is 3.04. The molecule has 0 spiro atoms. The minimum atomic E-state index is -4.34. The van der Waals surface area contributed by atoms with Gasteiger partial charge in [0.15, 0.2) is 0 Å². The molecule has 8 heteroatoms. The largest absolute Gasteiger partial charge is 0.294 e. The Bertz CT molecular complexity index is 1490. The summed E-state index contributed by atoms with van der Waals surface area (Å²) in [6, 6.07) is 5.88. The minimum Gasteiger partial charge on any atom is -0.282 e. The van der Waals surface area contributed by atoms with Crippen molar-refractivity contribution >= 4 is 20.2 Å². The maximum atomic E-state index is 13.0. The molecule has 0 amide bonds. The summed E-state index contributed by atoms with van der Waals surface area (Å²) in [5.41, 5.74) is 3.91. The summed E-state index contributed by atoms with van der Waals surface area (Å²) in [5.74, 6) is 1.62. The van der Waals surface area contributed by atoms with Crippen LogP contribution in [0.2, 0.25) is 0 Å². The van der Waals surface area contributed by atoms with E-state index in [1.807, 2.05) is 6.07 Å². The van der Waals surface area contributed by atoms with Gasteiger partial charge in [0.05, 0.1) is 9.80 Å². The SMILES string of the molecule is CC1=CC(C2CCCC(C3CCCC(c4ccc(C5CCCCC5)cc4S(=O)(=O)O)C3)C2)=C(S(=O)(=O)O)C(C2CCCCC2)C1. The van der Waals surface area contributed by atoms with Gasteiger partial charge in [0, 0.05) is 5.92 Å². The highest BCUT2D eigenvalue weighted by molar-refractivity contribution is 7.89. The van der Waals surface area contributed by atoms with Gasteiger partial charge >= 0.3 is 0 Å². The van der Waals surface area contributed by atoms with E-state index in [1.165, 1.54) is 31.3 Å². The fourth-order valence-corrected chi connectivity index (χ4v) is 12.3. The molecule has 4 fully saturated rings. The maximum Gasteiger partial charge on any atom is 0.294 e. The third kappa shape index (κ3) is 7.65. The second-order valence-electron chi connectivity index (χ2n) is 15.3. The van der Waals surface area contributed by atoms with E-state index in [4.69, 9.17) is 0 Å². The van der Waals surface area contributed by atoms with Crippen LogP contribution in [0.4, 0.5) is 0 Å². The molecule has 5 aliphatic carbocycles. The van der Waals surface area contributed by atoms with Crippen LogP contribution in [0.1, 0.15) is 152 Å². The Kier molecular flexibility index (Phi) is 10.4. The lowest BCUT2D eigenvalue weighted by Crippen LogP contribution is -2.31. The smallest absolute Gasteiger partial charge is 0.282 e. The Morgan fingerprint density at radius 1 is 0.622 bits per heavy atom. The van der Waals surface area contributed by atoms with Crippen LogP contribution in [0.15, 0.2) is 45.2 Å². The molecule has 0 aliphatic heterocycles. The van der Waals surface area contributed by atoms with Crippen molar-refractivity contribution in [3.63, 3.8) is 0 Å². The Labute approximate surface area is 272 Å². The zero-order valence-corrected chi connectivity index (χ0v) is 28.8. The normalized spacial score (nSPS) is 31.5. The van der Waals surface area contributed by atoms with Crippen molar-refractivity contribution in [1.29, 1.82) is 0 Å². The van der Waals surface area contributed by atoms with Gasteiger partial charge in [-0.2, -0.15) is 16.8 Å². The average molecular weight is 659 g/mol. The maximum absolute atomic E-state index is 13.0. The van der Waals surface area contributed by atoms with E-state index in [9.17, 15) is 25.9 Å². The van der Waals surface area contributed by atoms with Crippen LogP contribution < -0.4 is 0 Å². The van der Waals surface area contributed by atoms with Crippen molar-refractivity contribution in [3.8, 4) is 0 Å². The molecule has 250 valence electrons. The fourth-order valence-electron chi connectivity index (χ4n) is 10.3. The molecule has 5 unspecified atom stereocenters. The second kappa shape index (κ2) is 13.9. The Balaban J connectivity index is 1.24. The summed E-state index contributed by atoms with van der Waals surface area (Å²) in [6.45, 7) is 2.12. The first kappa shape index (κ1) is 33.4. The summed E-state index contributed by atoms with van der Waals surface area (Å²) in [5, 5.41) is 0. The van der Waals surface area contributed by atoms with Crippen LogP contribution in [0, 0.1) is 29.6 Å². The van der Waals surface area contributed by atoms with E-state index in [0.29, 0.717) is 28.6 Å². The molecule has 1 aromatic carbocycles. The zero-order valence-electron chi connectivity index (χ0n) is 27.1. The van der Waals surface area contributed by atoms with Gasteiger partial charge in [-0.3, -0.25) is 9.11 Å². The standard InChI is InChI=1S/C37H54O6S2/c1-25-20-34(27-12-6-3-7-13-27)37(45(41,42)43)35(21-25)32-17-9-15-29(23-32)28-14-8-16-31(22-28)33-19-18-30(24-36(33)44(38,39)40)26-10-4-2-5-11-26/h18-19,21,24,26-29,31-32,34H,2-17,20,22-23H2,1H3,(H,38,39,40)(H,41,42,43). The van der Waals surface area contributed by atoms with Crippen LogP contribution in [0.25, 0.3) is 0 Å². The van der Waals surface area contributed by atoms with Crippen molar-refractivity contribution in [2.24, 2.45) is 29.6 Å². The van der Waals surface area contributed by atoms with Gasteiger partial charge in [-0.05, 0) is 123 Å². The summed E-state index contributed by atoms with van der Waals surface area (Å²) in [7, 11) is -8.65. The van der Waals surface area contributed by atoms with Crippen molar-refractivity contribution < 1.29 is 25.9 Å². The molecule has 1 aromatic rings. The summed E-state index contributed by atoms with van der Waals surface area (Å²) >= 11 is 0. The van der Waals surface area contributed by atoms with E-state index in [2.05, 4.69) is 19.1 Å². The van der Waals surface area contributed by atoms with Gasteiger partial charge in [-0.25, -0.2) is 0 Å². The van der Waals surface area contributed by atoms with E-state index < -0.39 is 20.2 Å². The number of rotatable bonds is 7. The first-order chi connectivity index (χ1) is 21.5. The molecule has 5 atom stereocenters. The van der Waals surface area contributed by atoms with E-state index in [-0.39, 0.29) is 22.6 Å². The van der Waals surface area contributed by atoms with Crippen LogP contribution in [0.5, 0.6) is 0 Å². The lowest BCUT2D eigenvalue weighted by molar-refractivity contribution is 0.160. The summed E-state index contributed by atoms with van der Waals surface area (Å²) < 4.78 is 72.4. The number of hydrogen-bond donors (Lipinski definition) is 2. The fraction of sp³-hybridized carbons (Fsp3) is 0.730. The highest BCUT2D eigenvalue weighted by Gasteiger charge is 2.41. The van der Waals surface area contributed by atoms with Crippen molar-refractivity contribution in [2.45, 2.75) is 146 Å². The van der Waals surface area contributed by atoms with Crippen molar-refractivity contribution in [3.05, 3.63) is 51.5 Å². The summed E-state index contributed by atoms with van der Waals surface area (Å²) in [6.07, 6.45) is 22.0. The Morgan fingerprint density at radius 3 is 1.80 bits per heavy atom. The molecule has 4 saturated carbocycles. The van der Waals surface area contributed by atoms with E-state index in [1.54, 1.807) is 6.07 Å². The molecule has 45 heavy (non-hydrogen) atoms. The van der Waals surface area contributed by atoms with Crippen molar-refractivity contribution in [1.82, 2.24) is 0 Å². The highest BCUT2D eigenvalue weighted by atomic mass is 32.2. The van der Waals surface area contributed by atoms with Crippen LogP contribution >= 0.6 is 0 Å². The van der Waals surface area contributed by atoms with Gasteiger partial charge in [0.25, 0.3) is 20.2 Å². The molecule has 0 aromatic heterocycles. The predicted molar refractivity (Wildman–Crippen MR) is 179 cm³/mol. The first-order valence-corrected chi connectivity index (χ1v) is 20.9. The van der Waals surface area contributed by atoms with E-state index in [0.717, 1.165) is 113 Å². The quantitative estimate of drug-likeness (QED) is 0.282. The zero-order chi connectivity index (χ0) is 31.8. The molecule has 2 N–H and O–H groups in total. The summed E-state index contributed by atoms with van der Waals surface area (Å²) in [4.78, 5) is 0.431. The molecular weight excluding hydrogens is 605 g/mol. The monoisotopic (exact) mass is 658 g/mol. The van der Waals surface area contributed by atoms with E-state index >= 15 is 0 Å². The van der Waals surface area contributed by atoms with Crippen molar-refractivity contribution in [2.75, 3.05) is 0 Å². The molecule has 0 bridgehead atoms. The molecule has 6 nitrogen and oxygen atoms in total. The second-order valence-corrected chi connectivity index (χ2v) is 18.1. The number of benzene rings is 1. The number of hydrogen-bond acceptors (Lipinski definition) is 4. The molecule has 0 heterocycles. The molecule has 0 radical (unpaired) electrons. The van der Waals surface area contributed by atoms with Gasteiger partial charge < -0.3 is 0 Å². The van der Waals surface area contributed by atoms with Gasteiger partial charge in [-0.1, -0.05) is 88.0 Å².